The van der Waals surface area contributed by atoms with Crippen LogP contribution < -0.4 is 9.47 Å². The van der Waals surface area contributed by atoms with Crippen LogP contribution in [-0.2, 0) is 22.7 Å². The van der Waals surface area contributed by atoms with Gasteiger partial charge in [0.1, 0.15) is 18.7 Å². The van der Waals surface area contributed by atoms with E-state index >= 15 is 0 Å². The van der Waals surface area contributed by atoms with Gasteiger partial charge in [0.25, 0.3) is 0 Å². The van der Waals surface area contributed by atoms with Gasteiger partial charge in [0.2, 0.25) is 18.0 Å². The summed E-state index contributed by atoms with van der Waals surface area (Å²) in [7, 11) is 1.59. The maximum absolute atomic E-state index is 12.3. The molecule has 34 heavy (non-hydrogen) atoms. The zero-order valence-electron chi connectivity index (χ0n) is 18.8. The van der Waals surface area contributed by atoms with Gasteiger partial charge in [-0.3, -0.25) is 4.79 Å². The molecule has 5 rings (SSSR count). The van der Waals surface area contributed by atoms with E-state index < -0.39 is 6.23 Å². The van der Waals surface area contributed by atoms with E-state index in [0.717, 1.165) is 16.6 Å². The van der Waals surface area contributed by atoms with E-state index in [-0.39, 0.29) is 12.5 Å². The second-order valence-electron chi connectivity index (χ2n) is 7.74. The Bertz CT molecular complexity index is 1350. The molecule has 1 amide bonds. The second kappa shape index (κ2) is 9.22. The van der Waals surface area contributed by atoms with E-state index in [1.807, 2.05) is 60.7 Å². The number of aromatic nitrogens is 3. The fourth-order valence-corrected chi connectivity index (χ4v) is 3.74. The normalized spacial score (nSPS) is 15.2. The van der Waals surface area contributed by atoms with Crippen LogP contribution in [0.15, 0.2) is 77.9 Å². The second-order valence-corrected chi connectivity index (χ2v) is 7.74. The number of carbonyl (C=O) groups is 1. The first kappa shape index (κ1) is 21.4. The lowest BCUT2D eigenvalue weighted by Crippen LogP contribution is -2.35. The van der Waals surface area contributed by atoms with Gasteiger partial charge in [0, 0.05) is 12.5 Å². The summed E-state index contributed by atoms with van der Waals surface area (Å²) in [6.45, 7) is 2.11. The van der Waals surface area contributed by atoms with Crippen molar-refractivity contribution in [3.05, 3.63) is 83.9 Å². The molecule has 9 nitrogen and oxygen atoms in total. The highest BCUT2D eigenvalue weighted by molar-refractivity contribution is 5.96. The van der Waals surface area contributed by atoms with Crippen LogP contribution in [0.3, 0.4) is 0 Å². The van der Waals surface area contributed by atoms with Crippen molar-refractivity contribution in [3.63, 3.8) is 0 Å². The predicted octanol–water partition coefficient (Wildman–Crippen LogP) is 3.59. The van der Waals surface area contributed by atoms with Gasteiger partial charge in [0.05, 0.1) is 12.6 Å². The summed E-state index contributed by atoms with van der Waals surface area (Å²) in [6, 6.07) is 22.9. The molecule has 1 aliphatic heterocycles. The van der Waals surface area contributed by atoms with Gasteiger partial charge in [-0.15, -0.1) is 10.2 Å². The minimum Gasteiger partial charge on any atom is -0.493 e. The lowest BCUT2D eigenvalue weighted by atomic mass is 10.2. The van der Waals surface area contributed by atoms with Gasteiger partial charge in [-0.05, 0) is 35.9 Å². The Kier molecular flexibility index (Phi) is 5.82. The number of hydrazone groups is 1. The molecule has 2 heterocycles. The number of methoxy groups -OCH3 is 1. The number of ether oxygens (including phenoxy) is 3. The summed E-state index contributed by atoms with van der Waals surface area (Å²) in [4.78, 5) is 12.3. The zero-order chi connectivity index (χ0) is 23.5. The maximum Gasteiger partial charge on any atom is 0.243 e. The average Bonchev–Trinajstić information content (AvgIpc) is 3.48. The first-order valence-corrected chi connectivity index (χ1v) is 10.8. The Morgan fingerprint density at radius 2 is 1.82 bits per heavy atom. The van der Waals surface area contributed by atoms with Crippen molar-refractivity contribution in [3.8, 4) is 11.5 Å². The fraction of sp³-hybridized carbons (Fsp3) is 0.200. The van der Waals surface area contributed by atoms with Gasteiger partial charge in [-0.25, -0.2) is 4.68 Å². The van der Waals surface area contributed by atoms with Gasteiger partial charge in [0.15, 0.2) is 11.5 Å². The van der Waals surface area contributed by atoms with Gasteiger partial charge in [-0.2, -0.15) is 5.01 Å². The molecule has 0 saturated carbocycles. The fourth-order valence-electron chi connectivity index (χ4n) is 3.74. The molecule has 0 saturated heterocycles. The quantitative estimate of drug-likeness (QED) is 0.421. The Hall–Kier alpha value is -4.40. The maximum atomic E-state index is 12.3. The van der Waals surface area contributed by atoms with E-state index in [0.29, 0.717) is 29.6 Å². The van der Waals surface area contributed by atoms with E-state index in [9.17, 15) is 4.79 Å². The third kappa shape index (κ3) is 4.27. The van der Waals surface area contributed by atoms with Crippen molar-refractivity contribution in [2.24, 2.45) is 5.10 Å². The number of nitrogens with zero attached hydrogens (tertiary/aromatic N) is 5. The van der Waals surface area contributed by atoms with Crippen molar-refractivity contribution < 1.29 is 19.0 Å². The minimum atomic E-state index is -0.659. The molecular weight excluding hydrogens is 434 g/mol. The molecule has 0 radical (unpaired) electrons. The summed E-state index contributed by atoms with van der Waals surface area (Å²) in [5.74, 6) is 1.22. The molecule has 1 aliphatic rings. The third-order valence-electron chi connectivity index (χ3n) is 5.44. The molecule has 0 aliphatic carbocycles. The number of rotatable bonds is 7. The molecule has 0 N–H and O–H groups in total. The third-order valence-corrected chi connectivity index (χ3v) is 5.44. The van der Waals surface area contributed by atoms with Crippen LogP contribution in [0.1, 0.15) is 18.1 Å². The van der Waals surface area contributed by atoms with Gasteiger partial charge in [-0.1, -0.05) is 47.7 Å². The number of benzene rings is 3. The van der Waals surface area contributed by atoms with Crippen molar-refractivity contribution in [2.75, 3.05) is 7.11 Å². The molecule has 9 heteroatoms. The number of amides is 1. The van der Waals surface area contributed by atoms with E-state index in [1.54, 1.807) is 23.9 Å². The average molecular weight is 457 g/mol. The van der Waals surface area contributed by atoms with Crippen molar-refractivity contribution in [1.29, 1.82) is 0 Å². The highest BCUT2D eigenvalue weighted by Crippen LogP contribution is 2.31. The molecule has 0 bridgehead atoms. The Morgan fingerprint density at radius 1 is 1.03 bits per heavy atom. The number of hydrogen-bond acceptors (Lipinski definition) is 7. The smallest absolute Gasteiger partial charge is 0.243 e. The highest BCUT2D eigenvalue weighted by Gasteiger charge is 2.33. The largest absolute Gasteiger partial charge is 0.493 e. The van der Waals surface area contributed by atoms with Crippen LogP contribution in [0, 0.1) is 0 Å². The molecule has 3 aromatic carbocycles. The lowest BCUT2D eigenvalue weighted by Gasteiger charge is -2.19. The number of carbonyl (C=O) groups excluding carboxylic acids is 1. The summed E-state index contributed by atoms with van der Waals surface area (Å²) in [5, 5.41) is 14.1. The standard InChI is InChI=1S/C25H23N5O4/c1-17(31)30-24(15-29-21-11-7-6-10-20(21)26-28-29)34-25(27-30)19-12-13-22(32-2)23(14-19)33-16-18-8-4-3-5-9-18/h3-14,24H,15-16H2,1-2H3. The topological polar surface area (TPSA) is 91.1 Å². The van der Waals surface area contributed by atoms with Gasteiger partial charge < -0.3 is 14.2 Å². The van der Waals surface area contributed by atoms with Crippen LogP contribution >= 0.6 is 0 Å². The Balaban J connectivity index is 1.38. The molecule has 172 valence electrons. The van der Waals surface area contributed by atoms with Crippen LogP contribution in [0.25, 0.3) is 11.0 Å². The van der Waals surface area contributed by atoms with E-state index in [2.05, 4.69) is 15.4 Å². The van der Waals surface area contributed by atoms with Crippen molar-refractivity contribution in [1.82, 2.24) is 20.0 Å². The molecule has 0 spiro atoms. The summed E-state index contributed by atoms with van der Waals surface area (Å²) >= 11 is 0. The predicted molar refractivity (Wildman–Crippen MR) is 125 cm³/mol. The van der Waals surface area contributed by atoms with Crippen molar-refractivity contribution >= 4 is 22.8 Å². The lowest BCUT2D eigenvalue weighted by molar-refractivity contribution is -0.135. The summed E-state index contributed by atoms with van der Waals surface area (Å²) in [5.41, 5.74) is 3.32. The molecular formula is C25H23N5O4. The van der Waals surface area contributed by atoms with E-state index in [4.69, 9.17) is 14.2 Å². The Labute approximate surface area is 196 Å². The van der Waals surface area contributed by atoms with E-state index in [1.165, 1.54) is 11.9 Å². The minimum absolute atomic E-state index is 0.238. The zero-order valence-corrected chi connectivity index (χ0v) is 18.8. The molecule has 1 aromatic heterocycles. The number of para-hydroxylation sites is 1. The highest BCUT2D eigenvalue weighted by atomic mass is 16.5. The number of hydrogen-bond donors (Lipinski definition) is 0. The first-order valence-electron chi connectivity index (χ1n) is 10.8. The summed E-state index contributed by atoms with van der Waals surface area (Å²) in [6.07, 6.45) is -0.659. The van der Waals surface area contributed by atoms with Crippen molar-refractivity contribution in [2.45, 2.75) is 26.3 Å². The van der Waals surface area contributed by atoms with Crippen LogP contribution in [0.5, 0.6) is 11.5 Å². The number of fused-ring (bicyclic) bond motifs is 1. The monoisotopic (exact) mass is 457 g/mol. The molecule has 0 fully saturated rings. The van der Waals surface area contributed by atoms with Gasteiger partial charge >= 0.3 is 0 Å². The molecule has 1 unspecified atom stereocenters. The summed E-state index contributed by atoms with van der Waals surface area (Å²) < 4.78 is 19.3. The molecule has 1 atom stereocenters. The van der Waals surface area contributed by atoms with Crippen LogP contribution in [-0.4, -0.2) is 45.1 Å². The first-order chi connectivity index (χ1) is 16.6. The SMILES string of the molecule is COc1ccc(C2=NN(C(C)=O)C(Cn3nnc4ccccc43)O2)cc1OCc1ccccc1. The van der Waals surface area contributed by atoms with Crippen LogP contribution in [0.4, 0.5) is 0 Å². The Morgan fingerprint density at radius 3 is 2.62 bits per heavy atom. The molecule has 4 aromatic rings. The van der Waals surface area contributed by atoms with Crippen LogP contribution in [0.2, 0.25) is 0 Å².